The van der Waals surface area contributed by atoms with Crippen LogP contribution in [0.15, 0.2) is 36.4 Å². The number of hydrogen-bond donors (Lipinski definition) is 4. The summed E-state index contributed by atoms with van der Waals surface area (Å²) in [5.41, 5.74) is -0.329. The maximum absolute atomic E-state index is 14.4. The maximum atomic E-state index is 14.4. The number of carbonyl (C=O) groups excluding carboxylic acids is 2. The first-order valence-corrected chi connectivity index (χ1v) is 11.8. The van der Waals surface area contributed by atoms with Gasteiger partial charge in [0, 0.05) is 23.2 Å². The molecule has 0 aromatic heterocycles. The lowest BCUT2D eigenvalue weighted by molar-refractivity contribution is -0.131. The number of aliphatic hydroxyl groups excluding tert-OH is 1. The van der Waals surface area contributed by atoms with E-state index in [0.29, 0.717) is 19.6 Å². The minimum atomic E-state index is -1.57. The number of carbonyl (C=O) groups is 2. The van der Waals surface area contributed by atoms with Gasteiger partial charge in [0.15, 0.2) is 0 Å². The number of benzene rings is 2. The summed E-state index contributed by atoms with van der Waals surface area (Å²) in [7, 11) is 0. The average Bonchev–Trinajstić information content (AvgIpc) is 3.11. The van der Waals surface area contributed by atoms with Crippen molar-refractivity contribution in [2.24, 2.45) is 0 Å². The SMILES string of the molecule is C[C@H](NC(=O)[C@@H](C[C@]12CC[C@H](COC1)N2)N1C(=O)c2cc(F)ccc2NC1O)c1ccc(F)cc1F. The summed E-state index contributed by atoms with van der Waals surface area (Å²) in [6.45, 7) is 2.39. The van der Waals surface area contributed by atoms with E-state index < -0.39 is 53.2 Å². The number of fused-ring (bicyclic) bond motifs is 3. The van der Waals surface area contributed by atoms with Crippen LogP contribution in [0.4, 0.5) is 18.9 Å². The number of nitrogens with zero attached hydrogens (tertiary/aromatic N) is 1. The van der Waals surface area contributed by atoms with Gasteiger partial charge in [-0.05, 0) is 50.5 Å². The number of morpholine rings is 1. The van der Waals surface area contributed by atoms with E-state index in [1.54, 1.807) is 0 Å². The zero-order valence-corrected chi connectivity index (χ0v) is 19.6. The molecule has 5 atom stereocenters. The number of rotatable bonds is 6. The molecule has 2 fully saturated rings. The number of halogens is 3. The number of aliphatic hydroxyl groups is 1. The van der Waals surface area contributed by atoms with E-state index in [-0.39, 0.29) is 29.3 Å². The topological polar surface area (TPSA) is 103 Å². The van der Waals surface area contributed by atoms with Crippen molar-refractivity contribution in [3.63, 3.8) is 0 Å². The van der Waals surface area contributed by atoms with Crippen LogP contribution in [0.2, 0.25) is 0 Å². The van der Waals surface area contributed by atoms with Crippen LogP contribution in [0.3, 0.4) is 0 Å². The quantitative estimate of drug-likeness (QED) is 0.482. The van der Waals surface area contributed by atoms with Crippen LogP contribution in [-0.4, -0.2) is 59.0 Å². The number of nitrogens with one attached hydrogen (secondary N) is 3. The molecule has 8 nitrogen and oxygen atoms in total. The molecule has 0 aliphatic carbocycles. The molecule has 0 saturated carbocycles. The Morgan fingerprint density at radius 1 is 1.25 bits per heavy atom. The lowest BCUT2D eigenvalue weighted by Gasteiger charge is -2.43. The molecule has 5 rings (SSSR count). The van der Waals surface area contributed by atoms with Crippen LogP contribution in [0.5, 0.6) is 0 Å². The third kappa shape index (κ3) is 4.54. The monoisotopic (exact) mass is 504 g/mol. The average molecular weight is 505 g/mol. The summed E-state index contributed by atoms with van der Waals surface area (Å²) in [5, 5.41) is 19.8. The van der Waals surface area contributed by atoms with Gasteiger partial charge in [0.1, 0.15) is 23.5 Å². The van der Waals surface area contributed by atoms with E-state index in [0.717, 1.165) is 35.6 Å². The molecule has 1 unspecified atom stereocenters. The van der Waals surface area contributed by atoms with Crippen molar-refractivity contribution in [2.75, 3.05) is 18.5 Å². The van der Waals surface area contributed by atoms with Crippen molar-refractivity contribution in [1.82, 2.24) is 15.5 Å². The van der Waals surface area contributed by atoms with Gasteiger partial charge in [-0.15, -0.1) is 0 Å². The van der Waals surface area contributed by atoms with Gasteiger partial charge in [-0.3, -0.25) is 14.5 Å². The molecule has 3 aliphatic rings. The molecule has 3 heterocycles. The first-order chi connectivity index (χ1) is 17.2. The van der Waals surface area contributed by atoms with Crippen molar-refractivity contribution in [2.45, 2.75) is 56.2 Å². The third-order valence-electron chi connectivity index (χ3n) is 7.18. The standard InChI is InChI=1S/C25H27F3N4O4/c1-13(17-4-2-15(27)9-19(17)28)29-22(33)21(10-25-7-6-16(31-25)11-36-12-25)32-23(34)18-8-14(26)3-5-20(18)30-24(32)35/h2-5,8-9,13,16,21,24,30-31,35H,6-7,10-12H2,1H3,(H,29,33)/t13-,16+,21+,24?,25+/m0/s1. The molecule has 2 saturated heterocycles. The van der Waals surface area contributed by atoms with E-state index in [9.17, 15) is 27.9 Å². The van der Waals surface area contributed by atoms with E-state index >= 15 is 0 Å². The summed E-state index contributed by atoms with van der Waals surface area (Å²) in [6.07, 6.45) is 0.0554. The first-order valence-electron chi connectivity index (χ1n) is 11.8. The number of amides is 2. The number of hydrogen-bond acceptors (Lipinski definition) is 6. The van der Waals surface area contributed by atoms with Crippen molar-refractivity contribution >= 4 is 17.5 Å². The zero-order chi connectivity index (χ0) is 25.6. The Morgan fingerprint density at radius 2 is 2.00 bits per heavy atom. The van der Waals surface area contributed by atoms with Crippen molar-refractivity contribution in [3.8, 4) is 0 Å². The van der Waals surface area contributed by atoms with E-state index in [4.69, 9.17) is 4.74 Å². The van der Waals surface area contributed by atoms with Crippen LogP contribution in [-0.2, 0) is 9.53 Å². The largest absolute Gasteiger partial charge is 0.378 e. The molecule has 11 heteroatoms. The predicted molar refractivity (Wildman–Crippen MR) is 123 cm³/mol. The minimum Gasteiger partial charge on any atom is -0.378 e. The second kappa shape index (κ2) is 9.38. The van der Waals surface area contributed by atoms with Gasteiger partial charge < -0.3 is 25.8 Å². The Balaban J connectivity index is 1.46. The molecule has 36 heavy (non-hydrogen) atoms. The van der Waals surface area contributed by atoms with E-state index in [2.05, 4.69) is 16.0 Å². The Morgan fingerprint density at radius 3 is 2.78 bits per heavy atom. The summed E-state index contributed by atoms with van der Waals surface area (Å²) in [6, 6.07) is 4.64. The Kier molecular flexibility index (Phi) is 6.39. The highest BCUT2D eigenvalue weighted by Crippen LogP contribution is 2.36. The van der Waals surface area contributed by atoms with Crippen molar-refractivity contribution in [3.05, 3.63) is 65.0 Å². The molecule has 4 N–H and O–H groups in total. The summed E-state index contributed by atoms with van der Waals surface area (Å²) in [5.74, 6) is -3.57. The highest BCUT2D eigenvalue weighted by molar-refractivity contribution is 6.03. The van der Waals surface area contributed by atoms with Crippen LogP contribution < -0.4 is 16.0 Å². The van der Waals surface area contributed by atoms with Crippen LogP contribution in [0.1, 0.15) is 48.1 Å². The fourth-order valence-electron chi connectivity index (χ4n) is 5.40. The third-order valence-corrected chi connectivity index (χ3v) is 7.18. The minimum absolute atomic E-state index is 0.0228. The Hall–Kier alpha value is -3.15. The molecule has 192 valence electrons. The fourth-order valence-corrected chi connectivity index (χ4v) is 5.40. The second-order valence-corrected chi connectivity index (χ2v) is 9.71. The van der Waals surface area contributed by atoms with E-state index in [1.807, 2.05) is 0 Å². The van der Waals surface area contributed by atoms with Crippen LogP contribution in [0.25, 0.3) is 0 Å². The maximum Gasteiger partial charge on any atom is 0.260 e. The van der Waals surface area contributed by atoms with Crippen LogP contribution >= 0.6 is 0 Å². The summed E-state index contributed by atoms with van der Waals surface area (Å²) >= 11 is 0. The molecule has 2 aromatic carbocycles. The molecule has 0 radical (unpaired) electrons. The molecule has 3 aliphatic heterocycles. The van der Waals surface area contributed by atoms with Gasteiger partial charge in [0.05, 0.1) is 30.5 Å². The molecule has 2 amide bonds. The fraction of sp³-hybridized carbons (Fsp3) is 0.440. The number of ether oxygens (including phenoxy) is 1. The van der Waals surface area contributed by atoms with E-state index in [1.165, 1.54) is 19.1 Å². The lowest BCUT2D eigenvalue weighted by atomic mass is 9.88. The lowest BCUT2D eigenvalue weighted by Crippen LogP contribution is -2.63. The van der Waals surface area contributed by atoms with Gasteiger partial charge >= 0.3 is 0 Å². The Bertz CT molecular complexity index is 1190. The van der Waals surface area contributed by atoms with Gasteiger partial charge in [-0.1, -0.05) is 6.07 Å². The van der Waals surface area contributed by atoms with Gasteiger partial charge in [0.2, 0.25) is 12.3 Å². The first kappa shape index (κ1) is 24.5. The molecule has 0 spiro atoms. The molecular formula is C25H27F3N4O4. The van der Waals surface area contributed by atoms with Crippen LogP contribution in [0, 0.1) is 17.5 Å². The smallest absolute Gasteiger partial charge is 0.260 e. The summed E-state index contributed by atoms with van der Waals surface area (Å²) in [4.78, 5) is 28.1. The highest BCUT2D eigenvalue weighted by atomic mass is 19.1. The van der Waals surface area contributed by atoms with Gasteiger partial charge in [-0.25, -0.2) is 13.2 Å². The highest BCUT2D eigenvalue weighted by Gasteiger charge is 2.49. The summed E-state index contributed by atoms with van der Waals surface area (Å²) < 4.78 is 47.4. The van der Waals surface area contributed by atoms with Gasteiger partial charge in [0.25, 0.3) is 5.91 Å². The molecule has 2 aromatic rings. The Labute approximate surface area is 205 Å². The normalized spacial score (nSPS) is 26.7. The van der Waals surface area contributed by atoms with Crippen molar-refractivity contribution in [1.29, 1.82) is 0 Å². The van der Waals surface area contributed by atoms with Gasteiger partial charge in [-0.2, -0.15) is 0 Å². The van der Waals surface area contributed by atoms with Crippen molar-refractivity contribution < 1.29 is 32.6 Å². The predicted octanol–water partition coefficient (Wildman–Crippen LogP) is 2.40. The molecular weight excluding hydrogens is 477 g/mol. The second-order valence-electron chi connectivity index (χ2n) is 9.71. The number of anilines is 1. The molecule has 2 bridgehead atoms. The zero-order valence-electron chi connectivity index (χ0n) is 19.6.